The number of benzene rings is 1. The average Bonchev–Trinajstić information content (AvgIpc) is 2.92. The van der Waals surface area contributed by atoms with Crippen molar-refractivity contribution in [3.63, 3.8) is 0 Å². The second-order valence-electron chi connectivity index (χ2n) is 4.11. The number of amides is 1. The first-order valence-electron chi connectivity index (χ1n) is 5.82. The normalized spacial score (nSPS) is 11.9. The lowest BCUT2D eigenvalue weighted by atomic mass is 10.1. The summed E-state index contributed by atoms with van der Waals surface area (Å²) in [6.07, 6.45) is 0. The van der Waals surface area contributed by atoms with Crippen molar-refractivity contribution in [1.29, 1.82) is 0 Å². The lowest BCUT2D eigenvalue weighted by Crippen LogP contribution is -2.26. The molecular formula is C14H15NO3S. The van der Waals surface area contributed by atoms with Crippen molar-refractivity contribution < 1.29 is 14.6 Å². The Morgan fingerprint density at radius 3 is 2.84 bits per heavy atom. The molecule has 0 saturated heterocycles. The van der Waals surface area contributed by atoms with E-state index in [1.54, 1.807) is 29.5 Å². The number of methoxy groups -OCH3 is 1. The van der Waals surface area contributed by atoms with Crippen molar-refractivity contribution >= 4 is 17.2 Å². The number of carbonyl (C=O) groups is 1. The zero-order valence-corrected chi connectivity index (χ0v) is 11.5. The Kier molecular flexibility index (Phi) is 4.06. The minimum Gasteiger partial charge on any atom is -0.504 e. The Balaban J connectivity index is 2.16. The molecule has 5 heteroatoms. The standard InChI is InChI=1S/C14H15NO3S/c1-9(10-6-7-19-8-10)15-14(17)11-4-3-5-12(18-2)13(11)16/h3-9,16H,1-2H3,(H,15,17). The minimum absolute atomic E-state index is 0.107. The number of nitrogens with one attached hydrogen (secondary N) is 1. The van der Waals surface area contributed by atoms with Crippen LogP contribution in [0.2, 0.25) is 0 Å². The molecule has 0 aliphatic heterocycles. The highest BCUT2D eigenvalue weighted by Crippen LogP contribution is 2.29. The summed E-state index contributed by atoms with van der Waals surface area (Å²) in [6, 6.07) is 6.69. The second kappa shape index (κ2) is 5.75. The number of aromatic hydroxyl groups is 1. The predicted molar refractivity (Wildman–Crippen MR) is 74.9 cm³/mol. The van der Waals surface area contributed by atoms with Crippen LogP contribution in [0, 0.1) is 0 Å². The van der Waals surface area contributed by atoms with E-state index in [0.717, 1.165) is 5.56 Å². The maximum Gasteiger partial charge on any atom is 0.255 e. The number of hydrogen-bond donors (Lipinski definition) is 2. The zero-order valence-electron chi connectivity index (χ0n) is 10.7. The number of rotatable bonds is 4. The number of phenols is 1. The van der Waals surface area contributed by atoms with Crippen molar-refractivity contribution in [2.45, 2.75) is 13.0 Å². The molecule has 2 N–H and O–H groups in total. The van der Waals surface area contributed by atoms with E-state index >= 15 is 0 Å². The Morgan fingerprint density at radius 2 is 2.21 bits per heavy atom. The van der Waals surface area contributed by atoms with Crippen LogP contribution < -0.4 is 10.1 Å². The van der Waals surface area contributed by atoms with Crippen LogP contribution in [0.15, 0.2) is 35.0 Å². The molecule has 1 aromatic carbocycles. The first-order chi connectivity index (χ1) is 9.13. The van der Waals surface area contributed by atoms with Gasteiger partial charge in [-0.2, -0.15) is 11.3 Å². The summed E-state index contributed by atoms with van der Waals surface area (Å²) in [5.41, 5.74) is 1.25. The molecule has 0 bridgehead atoms. The Bertz CT molecular complexity index is 566. The fraction of sp³-hybridized carbons (Fsp3) is 0.214. The zero-order chi connectivity index (χ0) is 13.8. The van der Waals surface area contributed by atoms with Gasteiger partial charge in [0.1, 0.15) is 0 Å². The van der Waals surface area contributed by atoms with Gasteiger partial charge in [0.25, 0.3) is 5.91 Å². The van der Waals surface area contributed by atoms with Crippen molar-refractivity contribution in [2.24, 2.45) is 0 Å². The summed E-state index contributed by atoms with van der Waals surface area (Å²) in [4.78, 5) is 12.1. The van der Waals surface area contributed by atoms with Gasteiger partial charge in [-0.15, -0.1) is 0 Å². The molecule has 1 atom stereocenters. The summed E-state index contributed by atoms with van der Waals surface area (Å²) in [5, 5.41) is 16.7. The molecule has 0 spiro atoms. The number of thiophene rings is 1. The Hall–Kier alpha value is -2.01. The third kappa shape index (κ3) is 2.88. The number of hydrogen-bond acceptors (Lipinski definition) is 4. The summed E-state index contributed by atoms with van der Waals surface area (Å²) in [7, 11) is 1.45. The van der Waals surface area contributed by atoms with Crippen LogP contribution in [0.3, 0.4) is 0 Å². The topological polar surface area (TPSA) is 58.6 Å². The first kappa shape index (κ1) is 13.4. The van der Waals surface area contributed by atoms with Crippen LogP contribution in [0.25, 0.3) is 0 Å². The second-order valence-corrected chi connectivity index (χ2v) is 4.89. The minimum atomic E-state index is -0.324. The third-order valence-corrected chi connectivity index (χ3v) is 3.56. The van der Waals surface area contributed by atoms with Gasteiger partial charge < -0.3 is 15.2 Å². The number of para-hydroxylation sites is 1. The van der Waals surface area contributed by atoms with E-state index < -0.39 is 0 Å². The molecule has 0 aliphatic rings. The van der Waals surface area contributed by atoms with Gasteiger partial charge in [0.05, 0.1) is 18.7 Å². The van der Waals surface area contributed by atoms with E-state index in [1.165, 1.54) is 7.11 Å². The number of carbonyl (C=O) groups excluding carboxylic acids is 1. The molecule has 2 rings (SSSR count). The molecule has 1 amide bonds. The summed E-state index contributed by atoms with van der Waals surface area (Å²) < 4.78 is 4.98. The molecule has 19 heavy (non-hydrogen) atoms. The quantitative estimate of drug-likeness (QED) is 0.903. The molecule has 2 aromatic rings. The van der Waals surface area contributed by atoms with Crippen LogP contribution >= 0.6 is 11.3 Å². The van der Waals surface area contributed by atoms with Crippen molar-refractivity contribution in [3.05, 3.63) is 46.2 Å². The van der Waals surface area contributed by atoms with Gasteiger partial charge in [-0.3, -0.25) is 4.79 Å². The maximum atomic E-state index is 12.1. The van der Waals surface area contributed by atoms with E-state index in [4.69, 9.17) is 4.74 Å². The fourth-order valence-electron chi connectivity index (χ4n) is 1.75. The molecular weight excluding hydrogens is 262 g/mol. The molecule has 1 aromatic heterocycles. The molecule has 100 valence electrons. The van der Waals surface area contributed by atoms with E-state index in [2.05, 4.69) is 5.32 Å². The smallest absolute Gasteiger partial charge is 0.255 e. The highest BCUT2D eigenvalue weighted by Gasteiger charge is 2.17. The van der Waals surface area contributed by atoms with E-state index in [1.807, 2.05) is 23.8 Å². The van der Waals surface area contributed by atoms with Gasteiger partial charge in [-0.1, -0.05) is 6.07 Å². The molecule has 4 nitrogen and oxygen atoms in total. The summed E-state index contributed by atoms with van der Waals surface area (Å²) in [6.45, 7) is 1.90. The van der Waals surface area contributed by atoms with E-state index in [-0.39, 0.29) is 29.0 Å². The van der Waals surface area contributed by atoms with E-state index in [9.17, 15) is 9.90 Å². The Morgan fingerprint density at radius 1 is 1.42 bits per heavy atom. The van der Waals surface area contributed by atoms with Crippen LogP contribution in [0.5, 0.6) is 11.5 Å². The van der Waals surface area contributed by atoms with Gasteiger partial charge in [0.15, 0.2) is 11.5 Å². The van der Waals surface area contributed by atoms with Crippen LogP contribution in [0.4, 0.5) is 0 Å². The van der Waals surface area contributed by atoms with E-state index in [0.29, 0.717) is 0 Å². The van der Waals surface area contributed by atoms with Gasteiger partial charge in [0.2, 0.25) is 0 Å². The summed E-state index contributed by atoms with van der Waals surface area (Å²) >= 11 is 1.58. The fourth-order valence-corrected chi connectivity index (χ4v) is 2.50. The first-order valence-corrected chi connectivity index (χ1v) is 6.76. The van der Waals surface area contributed by atoms with Crippen LogP contribution in [0.1, 0.15) is 28.9 Å². The highest BCUT2D eigenvalue weighted by molar-refractivity contribution is 7.07. The molecule has 1 heterocycles. The number of ether oxygens (including phenoxy) is 1. The monoisotopic (exact) mass is 277 g/mol. The van der Waals surface area contributed by atoms with Crippen LogP contribution in [-0.4, -0.2) is 18.1 Å². The molecule has 0 saturated carbocycles. The van der Waals surface area contributed by atoms with Gasteiger partial charge in [0, 0.05) is 0 Å². The number of phenolic OH excluding ortho intramolecular Hbond substituents is 1. The SMILES string of the molecule is COc1cccc(C(=O)NC(C)c2ccsc2)c1O. The Labute approximate surface area is 115 Å². The lowest BCUT2D eigenvalue weighted by molar-refractivity contribution is 0.0936. The molecule has 0 aliphatic carbocycles. The predicted octanol–water partition coefficient (Wildman–Crippen LogP) is 2.95. The third-order valence-electron chi connectivity index (χ3n) is 2.85. The van der Waals surface area contributed by atoms with Gasteiger partial charge in [-0.25, -0.2) is 0 Å². The van der Waals surface area contributed by atoms with Crippen molar-refractivity contribution in [1.82, 2.24) is 5.32 Å². The maximum absolute atomic E-state index is 12.1. The van der Waals surface area contributed by atoms with Gasteiger partial charge in [-0.05, 0) is 41.4 Å². The largest absolute Gasteiger partial charge is 0.504 e. The average molecular weight is 277 g/mol. The molecule has 1 unspecified atom stereocenters. The van der Waals surface area contributed by atoms with Crippen molar-refractivity contribution in [3.8, 4) is 11.5 Å². The molecule has 0 fully saturated rings. The van der Waals surface area contributed by atoms with Crippen LogP contribution in [-0.2, 0) is 0 Å². The summed E-state index contributed by atoms with van der Waals surface area (Å²) in [5.74, 6) is -0.175. The molecule has 0 radical (unpaired) electrons. The highest BCUT2D eigenvalue weighted by atomic mass is 32.1. The van der Waals surface area contributed by atoms with Crippen molar-refractivity contribution in [2.75, 3.05) is 7.11 Å². The van der Waals surface area contributed by atoms with Gasteiger partial charge >= 0.3 is 0 Å². The lowest BCUT2D eigenvalue weighted by Gasteiger charge is -2.14.